The molecule has 0 aliphatic heterocycles. The Morgan fingerprint density at radius 2 is 2.00 bits per heavy atom. The van der Waals surface area contributed by atoms with Gasteiger partial charge in [-0.3, -0.25) is 0 Å². The second-order valence-electron chi connectivity index (χ2n) is 4.60. The molecule has 0 saturated heterocycles. The van der Waals surface area contributed by atoms with Crippen LogP contribution >= 0.6 is 0 Å². The molecule has 0 atom stereocenters. The predicted molar refractivity (Wildman–Crippen MR) is 73.6 cm³/mol. The molecule has 0 radical (unpaired) electrons. The molecule has 4 nitrogen and oxygen atoms in total. The maximum absolute atomic E-state index is 13.0. The van der Waals surface area contributed by atoms with Gasteiger partial charge in [-0.1, -0.05) is 31.3 Å². The Labute approximate surface area is 121 Å². The molecule has 0 aliphatic rings. The first kappa shape index (κ1) is 17.1. The minimum atomic E-state index is -4.56. The van der Waals surface area contributed by atoms with Crippen molar-refractivity contribution in [3.05, 3.63) is 29.3 Å². The van der Waals surface area contributed by atoms with E-state index in [2.05, 4.69) is 12.1 Å². The smallest absolute Gasteiger partial charge is 0.419 e. The van der Waals surface area contributed by atoms with E-state index in [0.29, 0.717) is 6.42 Å². The highest BCUT2D eigenvalue weighted by atomic mass is 19.4. The van der Waals surface area contributed by atoms with Gasteiger partial charge in [-0.15, -0.1) is 0 Å². The summed E-state index contributed by atoms with van der Waals surface area (Å²) in [7, 11) is 0. The van der Waals surface area contributed by atoms with Crippen LogP contribution in [-0.2, 0) is 6.18 Å². The number of nitrogens with two attached hydrogens (primary N) is 1. The third-order valence-electron chi connectivity index (χ3n) is 2.94. The fourth-order valence-electron chi connectivity index (χ4n) is 1.81. The molecule has 0 aromatic heterocycles. The molecule has 0 fully saturated rings. The van der Waals surface area contributed by atoms with Crippen molar-refractivity contribution in [3.8, 4) is 5.75 Å². The molecule has 1 aromatic rings. The molecule has 7 heteroatoms. The van der Waals surface area contributed by atoms with Crippen molar-refractivity contribution in [2.45, 2.75) is 38.8 Å². The van der Waals surface area contributed by atoms with Crippen molar-refractivity contribution >= 4 is 5.84 Å². The number of halogens is 3. The lowest BCUT2D eigenvalue weighted by Crippen LogP contribution is -2.16. The first-order valence-electron chi connectivity index (χ1n) is 6.72. The van der Waals surface area contributed by atoms with E-state index in [1.807, 2.05) is 0 Å². The van der Waals surface area contributed by atoms with Gasteiger partial charge in [0, 0.05) is 5.56 Å². The Bertz CT molecular complexity index is 488. The van der Waals surface area contributed by atoms with Gasteiger partial charge in [0.25, 0.3) is 0 Å². The van der Waals surface area contributed by atoms with Crippen LogP contribution in [0.2, 0.25) is 0 Å². The summed E-state index contributed by atoms with van der Waals surface area (Å²) in [5.41, 5.74) is 4.36. The van der Waals surface area contributed by atoms with E-state index in [4.69, 9.17) is 15.7 Å². The van der Waals surface area contributed by atoms with Crippen LogP contribution in [0, 0.1) is 0 Å². The lowest BCUT2D eigenvalue weighted by atomic mass is 10.1. The quantitative estimate of drug-likeness (QED) is 0.265. The first-order chi connectivity index (χ1) is 9.90. The minimum Gasteiger partial charge on any atom is -0.493 e. The number of nitrogens with zero attached hydrogens (tertiary/aromatic N) is 1. The molecule has 0 bridgehead atoms. The average Bonchev–Trinajstić information content (AvgIpc) is 2.45. The summed E-state index contributed by atoms with van der Waals surface area (Å²) in [6.07, 6.45) is -0.877. The fraction of sp³-hybridized carbons (Fsp3) is 0.500. The van der Waals surface area contributed by atoms with E-state index >= 15 is 0 Å². The van der Waals surface area contributed by atoms with Gasteiger partial charge in [0.2, 0.25) is 0 Å². The van der Waals surface area contributed by atoms with Crippen LogP contribution in [0.25, 0.3) is 0 Å². The van der Waals surface area contributed by atoms with Crippen LogP contribution in [0.1, 0.15) is 43.7 Å². The van der Waals surface area contributed by atoms with Crippen LogP contribution in [0.4, 0.5) is 13.2 Å². The third kappa shape index (κ3) is 5.17. The summed E-state index contributed by atoms with van der Waals surface area (Å²) in [5.74, 6) is -0.622. The number of amidine groups is 1. The highest BCUT2D eigenvalue weighted by molar-refractivity contribution is 5.97. The number of alkyl halides is 3. The van der Waals surface area contributed by atoms with Gasteiger partial charge in [-0.05, 0) is 24.6 Å². The highest BCUT2D eigenvalue weighted by Gasteiger charge is 2.35. The van der Waals surface area contributed by atoms with Crippen LogP contribution < -0.4 is 10.5 Å². The summed E-state index contributed by atoms with van der Waals surface area (Å²) in [4.78, 5) is 0. The van der Waals surface area contributed by atoms with Crippen LogP contribution in [-0.4, -0.2) is 17.6 Å². The lowest BCUT2D eigenvalue weighted by Gasteiger charge is -2.15. The number of ether oxygens (including phenoxy) is 1. The van der Waals surface area contributed by atoms with Crippen LogP contribution in [0.15, 0.2) is 23.4 Å². The fourth-order valence-corrected chi connectivity index (χ4v) is 1.81. The van der Waals surface area contributed by atoms with E-state index in [1.54, 1.807) is 0 Å². The number of hydrogen-bond donors (Lipinski definition) is 2. The Balaban J connectivity index is 2.88. The molecule has 0 amide bonds. The molecule has 118 valence electrons. The number of hydrogen-bond acceptors (Lipinski definition) is 3. The molecule has 1 aromatic carbocycles. The zero-order chi connectivity index (χ0) is 15.9. The number of oxime groups is 1. The van der Waals surface area contributed by atoms with E-state index < -0.39 is 11.7 Å². The summed E-state index contributed by atoms with van der Waals surface area (Å²) >= 11 is 0. The molecule has 0 unspecified atom stereocenters. The topological polar surface area (TPSA) is 67.8 Å². The Morgan fingerprint density at radius 3 is 2.57 bits per heavy atom. The molecule has 3 N–H and O–H groups in total. The van der Waals surface area contributed by atoms with E-state index in [9.17, 15) is 13.2 Å². The second kappa shape index (κ2) is 7.75. The molecular weight excluding hydrogens is 285 g/mol. The summed E-state index contributed by atoms with van der Waals surface area (Å²) in [5, 5.41) is 11.2. The molecular formula is C14H19F3N2O2. The molecule has 0 aliphatic carbocycles. The van der Waals surface area contributed by atoms with Gasteiger partial charge in [0.15, 0.2) is 5.84 Å². The largest absolute Gasteiger partial charge is 0.493 e. The normalized spacial score (nSPS) is 12.5. The summed E-state index contributed by atoms with van der Waals surface area (Å²) in [6, 6.07) is 3.33. The molecule has 0 saturated carbocycles. The Kier molecular flexibility index (Phi) is 6.33. The van der Waals surface area contributed by atoms with Gasteiger partial charge >= 0.3 is 6.18 Å². The molecule has 1 rings (SSSR count). The van der Waals surface area contributed by atoms with Crippen molar-refractivity contribution in [3.63, 3.8) is 0 Å². The second-order valence-corrected chi connectivity index (χ2v) is 4.60. The third-order valence-corrected chi connectivity index (χ3v) is 2.94. The molecule has 21 heavy (non-hydrogen) atoms. The number of unbranched alkanes of at least 4 members (excludes halogenated alkanes) is 3. The predicted octanol–water partition coefficient (Wildman–Crippen LogP) is 3.76. The summed E-state index contributed by atoms with van der Waals surface area (Å²) in [6.45, 7) is 2.28. The Morgan fingerprint density at radius 1 is 1.29 bits per heavy atom. The zero-order valence-electron chi connectivity index (χ0n) is 11.8. The standard InChI is InChI=1S/C14H19F3N2O2/c1-2-3-4-5-8-21-12-7-6-10(13(18)19-20)9-11(12)14(15,16)17/h6-7,9,20H,2-5,8H2,1H3,(H2,18,19). The van der Waals surface area contributed by atoms with Gasteiger partial charge in [-0.2, -0.15) is 13.2 Å². The van der Waals surface area contributed by atoms with Gasteiger partial charge in [-0.25, -0.2) is 0 Å². The Hall–Kier alpha value is -1.92. The van der Waals surface area contributed by atoms with E-state index in [1.165, 1.54) is 12.1 Å². The van der Waals surface area contributed by atoms with Crippen molar-refractivity contribution in [2.75, 3.05) is 6.61 Å². The number of rotatable bonds is 7. The van der Waals surface area contributed by atoms with Gasteiger partial charge in [0.1, 0.15) is 5.75 Å². The van der Waals surface area contributed by atoms with Crippen LogP contribution in [0.5, 0.6) is 5.75 Å². The maximum Gasteiger partial charge on any atom is 0.419 e. The number of benzene rings is 1. The minimum absolute atomic E-state index is 0.0110. The zero-order valence-corrected chi connectivity index (χ0v) is 11.8. The van der Waals surface area contributed by atoms with Crippen molar-refractivity contribution in [1.82, 2.24) is 0 Å². The van der Waals surface area contributed by atoms with Crippen molar-refractivity contribution < 1.29 is 23.1 Å². The van der Waals surface area contributed by atoms with E-state index in [0.717, 1.165) is 25.3 Å². The average molecular weight is 304 g/mol. The molecule has 0 spiro atoms. The highest BCUT2D eigenvalue weighted by Crippen LogP contribution is 2.37. The molecule has 0 heterocycles. The maximum atomic E-state index is 13.0. The van der Waals surface area contributed by atoms with Crippen LogP contribution in [0.3, 0.4) is 0 Å². The van der Waals surface area contributed by atoms with Gasteiger partial charge in [0.05, 0.1) is 12.2 Å². The van der Waals surface area contributed by atoms with Crippen molar-refractivity contribution in [2.24, 2.45) is 10.9 Å². The SMILES string of the molecule is CCCCCCOc1ccc(/C(N)=N/O)cc1C(F)(F)F. The summed E-state index contributed by atoms with van der Waals surface area (Å²) < 4.78 is 44.2. The van der Waals surface area contributed by atoms with E-state index in [-0.39, 0.29) is 23.8 Å². The lowest BCUT2D eigenvalue weighted by molar-refractivity contribution is -0.139. The van der Waals surface area contributed by atoms with Gasteiger partial charge < -0.3 is 15.7 Å². The first-order valence-corrected chi connectivity index (χ1v) is 6.72. The monoisotopic (exact) mass is 304 g/mol. The van der Waals surface area contributed by atoms with Crippen molar-refractivity contribution in [1.29, 1.82) is 0 Å².